The molecule has 0 aliphatic rings. The minimum Gasteiger partial charge on any atom is -0.507 e. The number of hydrogen-bond donors (Lipinski definition) is 3. The van der Waals surface area contributed by atoms with Gasteiger partial charge in [0.2, 0.25) is 5.88 Å². The molecule has 0 aliphatic heterocycles. The van der Waals surface area contributed by atoms with Crippen molar-refractivity contribution >= 4 is 33.4 Å². The second-order valence-electron chi connectivity index (χ2n) is 5.67. The lowest BCUT2D eigenvalue weighted by Crippen LogP contribution is -2.07. The van der Waals surface area contributed by atoms with Gasteiger partial charge in [0, 0.05) is 27.8 Å². The van der Waals surface area contributed by atoms with Crippen LogP contribution in [-0.2, 0) is 0 Å². The van der Waals surface area contributed by atoms with E-state index in [4.69, 9.17) is 0 Å². The first-order chi connectivity index (χ1) is 12.1. The van der Waals surface area contributed by atoms with Crippen molar-refractivity contribution in [3.8, 4) is 11.6 Å². The van der Waals surface area contributed by atoms with Gasteiger partial charge in [0.15, 0.2) is 0 Å². The zero-order chi connectivity index (χ0) is 17.4. The van der Waals surface area contributed by atoms with Crippen LogP contribution in [-0.4, -0.2) is 21.4 Å². The molecule has 1 aromatic heterocycles. The zero-order valence-electron chi connectivity index (χ0n) is 13.1. The van der Waals surface area contributed by atoms with Crippen LogP contribution in [0.3, 0.4) is 0 Å². The zero-order valence-corrected chi connectivity index (χ0v) is 13.1. The van der Waals surface area contributed by atoms with Crippen molar-refractivity contribution in [1.82, 2.24) is 4.98 Å². The van der Waals surface area contributed by atoms with E-state index in [0.29, 0.717) is 27.4 Å². The molecule has 5 nitrogen and oxygen atoms in total. The highest BCUT2D eigenvalue weighted by molar-refractivity contribution is 6.04. The molecular formula is C20H14N2O3. The van der Waals surface area contributed by atoms with Gasteiger partial charge in [-0.15, -0.1) is 0 Å². The van der Waals surface area contributed by atoms with E-state index in [1.165, 1.54) is 6.21 Å². The number of benzene rings is 3. The summed E-state index contributed by atoms with van der Waals surface area (Å²) in [7, 11) is 0. The van der Waals surface area contributed by atoms with Crippen LogP contribution < -0.4 is 5.56 Å². The van der Waals surface area contributed by atoms with Crippen LogP contribution in [0.1, 0.15) is 5.56 Å². The molecule has 0 bridgehead atoms. The molecule has 5 heteroatoms. The highest BCUT2D eigenvalue weighted by Crippen LogP contribution is 2.31. The number of nitrogens with one attached hydrogen (secondary N) is 1. The van der Waals surface area contributed by atoms with Gasteiger partial charge in [0.25, 0.3) is 5.56 Å². The van der Waals surface area contributed by atoms with E-state index in [1.54, 1.807) is 42.5 Å². The Bertz CT molecular complexity index is 1190. The first kappa shape index (κ1) is 15.0. The van der Waals surface area contributed by atoms with Crippen LogP contribution in [0.5, 0.6) is 11.6 Å². The maximum Gasteiger partial charge on any atom is 0.258 e. The molecule has 4 aromatic rings. The lowest BCUT2D eigenvalue weighted by molar-refractivity contribution is 0.452. The minimum absolute atomic E-state index is 0.187. The van der Waals surface area contributed by atoms with Crippen molar-refractivity contribution in [3.05, 3.63) is 76.6 Å². The Kier molecular flexibility index (Phi) is 3.47. The van der Waals surface area contributed by atoms with Gasteiger partial charge >= 0.3 is 0 Å². The summed E-state index contributed by atoms with van der Waals surface area (Å²) in [5.41, 5.74) is 0.746. The number of aromatic hydroxyl groups is 2. The number of aliphatic imine (C=N–C) groups is 1. The molecule has 0 amide bonds. The van der Waals surface area contributed by atoms with Crippen LogP contribution in [0.15, 0.2) is 70.5 Å². The molecule has 4 rings (SSSR count). The molecule has 0 radical (unpaired) electrons. The van der Waals surface area contributed by atoms with Gasteiger partial charge in [0.1, 0.15) is 5.75 Å². The smallest absolute Gasteiger partial charge is 0.258 e. The molecule has 0 spiro atoms. The number of nitrogens with zero attached hydrogens (tertiary/aromatic N) is 1. The van der Waals surface area contributed by atoms with Gasteiger partial charge in [-0.3, -0.25) is 14.8 Å². The maximum absolute atomic E-state index is 12.0. The standard InChI is InChI=1S/C20H14N2O3/c23-18-10-4-7-13-14(18)8-3-9-17(13)21-11-16-12-5-1-2-6-15(12)19(24)22-20(16)25/h1-11,23H,(H2,22,24,25). The first-order valence-corrected chi connectivity index (χ1v) is 7.74. The summed E-state index contributed by atoms with van der Waals surface area (Å²) < 4.78 is 0. The van der Waals surface area contributed by atoms with Gasteiger partial charge in [0.05, 0.1) is 11.3 Å². The largest absolute Gasteiger partial charge is 0.507 e. The molecule has 0 atom stereocenters. The SMILES string of the molecule is O=c1[nH]c(O)c(C=Nc2cccc3c(O)cccc23)c2ccccc12. The van der Waals surface area contributed by atoms with Crippen LogP contribution in [0.25, 0.3) is 21.5 Å². The van der Waals surface area contributed by atoms with Crippen LogP contribution >= 0.6 is 0 Å². The Morgan fingerprint density at radius 3 is 2.32 bits per heavy atom. The topological polar surface area (TPSA) is 85.7 Å². The summed E-state index contributed by atoms with van der Waals surface area (Å²) in [6.07, 6.45) is 1.52. The number of hydrogen-bond acceptors (Lipinski definition) is 4. The lowest BCUT2D eigenvalue weighted by atomic mass is 10.1. The summed E-state index contributed by atoms with van der Waals surface area (Å²) in [6.45, 7) is 0. The van der Waals surface area contributed by atoms with Gasteiger partial charge < -0.3 is 10.2 Å². The molecule has 3 N–H and O–H groups in total. The number of pyridine rings is 1. The Balaban J connectivity index is 1.91. The highest BCUT2D eigenvalue weighted by Gasteiger charge is 2.09. The summed E-state index contributed by atoms with van der Waals surface area (Å²) in [5.74, 6) is -0.0394. The third kappa shape index (κ3) is 2.52. The van der Waals surface area contributed by atoms with Crippen molar-refractivity contribution in [2.45, 2.75) is 0 Å². The molecule has 122 valence electrons. The number of phenolic OH excluding ortho intramolecular Hbond substituents is 1. The van der Waals surface area contributed by atoms with E-state index in [1.807, 2.05) is 18.2 Å². The molecule has 0 fully saturated rings. The van der Waals surface area contributed by atoms with Crippen LogP contribution in [0, 0.1) is 0 Å². The average molecular weight is 330 g/mol. The van der Waals surface area contributed by atoms with Crippen LogP contribution in [0.4, 0.5) is 5.69 Å². The number of phenols is 1. The summed E-state index contributed by atoms with van der Waals surface area (Å²) in [4.78, 5) is 18.9. The second kappa shape index (κ2) is 5.79. The van der Waals surface area contributed by atoms with Crippen molar-refractivity contribution in [1.29, 1.82) is 0 Å². The maximum atomic E-state index is 12.0. The summed E-state index contributed by atoms with van der Waals surface area (Å²) in [6, 6.07) is 17.7. The number of aromatic amines is 1. The molecule has 0 unspecified atom stereocenters. The average Bonchev–Trinajstić information content (AvgIpc) is 2.62. The third-order valence-corrected chi connectivity index (χ3v) is 4.16. The van der Waals surface area contributed by atoms with Crippen molar-refractivity contribution < 1.29 is 10.2 Å². The van der Waals surface area contributed by atoms with E-state index < -0.39 is 0 Å². The number of H-pyrrole nitrogens is 1. The monoisotopic (exact) mass is 330 g/mol. The van der Waals surface area contributed by atoms with E-state index in [9.17, 15) is 15.0 Å². The predicted molar refractivity (Wildman–Crippen MR) is 99.1 cm³/mol. The lowest BCUT2D eigenvalue weighted by Gasteiger charge is -2.06. The fourth-order valence-electron chi connectivity index (χ4n) is 2.94. The van der Waals surface area contributed by atoms with Crippen LogP contribution in [0.2, 0.25) is 0 Å². The van der Waals surface area contributed by atoms with Crippen molar-refractivity contribution in [3.63, 3.8) is 0 Å². The molecule has 1 heterocycles. The number of fused-ring (bicyclic) bond motifs is 2. The quantitative estimate of drug-likeness (QED) is 0.488. The van der Waals surface area contributed by atoms with E-state index in [2.05, 4.69) is 9.98 Å². The fourth-order valence-corrected chi connectivity index (χ4v) is 2.94. The van der Waals surface area contributed by atoms with Gasteiger partial charge in [-0.1, -0.05) is 42.5 Å². The molecular weight excluding hydrogens is 316 g/mol. The Morgan fingerprint density at radius 1 is 0.800 bits per heavy atom. The Morgan fingerprint density at radius 2 is 1.48 bits per heavy atom. The second-order valence-corrected chi connectivity index (χ2v) is 5.67. The summed E-state index contributed by atoms with van der Waals surface area (Å²) in [5, 5.41) is 22.7. The molecule has 0 saturated carbocycles. The molecule has 0 aliphatic carbocycles. The van der Waals surface area contributed by atoms with Gasteiger partial charge in [-0.25, -0.2) is 0 Å². The fraction of sp³-hybridized carbons (Fsp3) is 0. The van der Waals surface area contributed by atoms with Gasteiger partial charge in [-0.05, 0) is 18.2 Å². The number of rotatable bonds is 2. The van der Waals surface area contributed by atoms with Crippen molar-refractivity contribution in [2.24, 2.45) is 4.99 Å². The third-order valence-electron chi connectivity index (χ3n) is 4.16. The molecule has 0 saturated heterocycles. The van der Waals surface area contributed by atoms with E-state index in [0.717, 1.165) is 5.39 Å². The molecule has 3 aromatic carbocycles. The minimum atomic E-state index is -0.347. The normalized spacial score (nSPS) is 11.5. The highest BCUT2D eigenvalue weighted by atomic mass is 16.3. The van der Waals surface area contributed by atoms with E-state index >= 15 is 0 Å². The van der Waals surface area contributed by atoms with E-state index in [-0.39, 0.29) is 17.2 Å². The first-order valence-electron chi connectivity index (χ1n) is 7.74. The number of aromatic nitrogens is 1. The Hall–Kier alpha value is -3.60. The summed E-state index contributed by atoms with van der Waals surface area (Å²) >= 11 is 0. The van der Waals surface area contributed by atoms with Gasteiger partial charge in [-0.2, -0.15) is 0 Å². The van der Waals surface area contributed by atoms with Crippen molar-refractivity contribution in [2.75, 3.05) is 0 Å². The predicted octanol–water partition coefficient (Wildman–Crippen LogP) is 3.84. The Labute approximate surface area is 142 Å². The molecule has 25 heavy (non-hydrogen) atoms.